The highest BCUT2D eigenvalue weighted by Crippen LogP contribution is 2.23. The van der Waals surface area contributed by atoms with E-state index in [0.29, 0.717) is 6.54 Å². The molecule has 2 aliphatic rings. The van der Waals surface area contributed by atoms with Crippen molar-refractivity contribution in [3.63, 3.8) is 0 Å². The van der Waals surface area contributed by atoms with Crippen molar-refractivity contribution in [3.05, 3.63) is 107 Å². The third-order valence-corrected chi connectivity index (χ3v) is 8.00. The number of likely N-dealkylation sites (tertiary alicyclic amines) is 2. The molecule has 0 radical (unpaired) electrons. The monoisotopic (exact) mass is 495 g/mol. The number of amides is 1. The number of piperidine rings is 2. The molecule has 1 N–H and O–H groups in total. The summed E-state index contributed by atoms with van der Waals surface area (Å²) in [4.78, 5) is 17.9. The first-order chi connectivity index (χ1) is 18.2. The largest absolute Gasteiger partial charge is 0.348 e. The van der Waals surface area contributed by atoms with Gasteiger partial charge in [-0.15, -0.1) is 0 Å². The van der Waals surface area contributed by atoms with Crippen molar-refractivity contribution >= 4 is 5.91 Å². The number of hydrogen-bond donors (Lipinski definition) is 1. The Morgan fingerprint density at radius 1 is 0.676 bits per heavy atom. The molecular weight excluding hydrogens is 454 g/mol. The highest BCUT2D eigenvalue weighted by molar-refractivity contribution is 5.94. The molecule has 0 bridgehead atoms. The number of rotatable bonds is 9. The van der Waals surface area contributed by atoms with E-state index in [2.05, 4.69) is 81.8 Å². The molecule has 3 aromatic rings. The third-order valence-electron chi connectivity index (χ3n) is 8.00. The van der Waals surface area contributed by atoms with Crippen LogP contribution >= 0.6 is 0 Å². The van der Waals surface area contributed by atoms with E-state index in [1.165, 1.54) is 68.3 Å². The van der Waals surface area contributed by atoms with Crippen LogP contribution in [0.3, 0.4) is 0 Å². The molecule has 0 aliphatic carbocycles. The summed E-state index contributed by atoms with van der Waals surface area (Å²) in [6.07, 6.45) is 7.69. The van der Waals surface area contributed by atoms with Crippen molar-refractivity contribution in [2.75, 3.05) is 26.2 Å². The van der Waals surface area contributed by atoms with Gasteiger partial charge in [0, 0.05) is 25.2 Å². The summed E-state index contributed by atoms with van der Waals surface area (Å²) in [5.74, 6) is 0.782. The van der Waals surface area contributed by atoms with Gasteiger partial charge < -0.3 is 5.32 Å². The van der Waals surface area contributed by atoms with E-state index < -0.39 is 0 Å². The van der Waals surface area contributed by atoms with Gasteiger partial charge in [-0.2, -0.15) is 0 Å². The van der Waals surface area contributed by atoms with E-state index >= 15 is 0 Å². The Balaban J connectivity index is 1.05. The minimum atomic E-state index is -0.00490. The zero-order valence-corrected chi connectivity index (χ0v) is 22.1. The zero-order valence-electron chi connectivity index (χ0n) is 22.1. The second-order valence-corrected chi connectivity index (χ2v) is 10.9. The molecule has 4 heteroatoms. The zero-order chi connectivity index (χ0) is 25.3. The second-order valence-electron chi connectivity index (χ2n) is 10.9. The summed E-state index contributed by atoms with van der Waals surface area (Å²) in [5, 5.41) is 3.11. The molecule has 2 aliphatic heterocycles. The maximum Gasteiger partial charge on any atom is 0.251 e. The summed E-state index contributed by atoms with van der Waals surface area (Å²) in [6.45, 7) is 7.23. The van der Waals surface area contributed by atoms with Crippen LogP contribution in [0.5, 0.6) is 0 Å². The van der Waals surface area contributed by atoms with Crippen molar-refractivity contribution in [2.24, 2.45) is 5.92 Å². The van der Waals surface area contributed by atoms with Crippen LogP contribution in [0.25, 0.3) is 0 Å². The smallest absolute Gasteiger partial charge is 0.251 e. The van der Waals surface area contributed by atoms with E-state index in [0.717, 1.165) is 43.2 Å². The van der Waals surface area contributed by atoms with E-state index in [4.69, 9.17) is 0 Å². The van der Waals surface area contributed by atoms with Crippen LogP contribution in [0.15, 0.2) is 78.9 Å². The van der Waals surface area contributed by atoms with E-state index in [-0.39, 0.29) is 5.91 Å². The van der Waals surface area contributed by atoms with Crippen LogP contribution in [0, 0.1) is 5.92 Å². The molecule has 5 rings (SSSR count). The number of benzene rings is 3. The lowest BCUT2D eigenvalue weighted by Crippen LogP contribution is -2.33. The van der Waals surface area contributed by atoms with Gasteiger partial charge in [0.1, 0.15) is 0 Å². The Morgan fingerprint density at radius 2 is 1.32 bits per heavy atom. The average molecular weight is 496 g/mol. The Labute approximate surface area is 222 Å². The molecule has 1 amide bonds. The minimum absolute atomic E-state index is 0.00490. The average Bonchev–Trinajstić information content (AvgIpc) is 2.95. The highest BCUT2D eigenvalue weighted by atomic mass is 16.1. The maximum absolute atomic E-state index is 12.8. The van der Waals surface area contributed by atoms with Gasteiger partial charge in [-0.1, -0.05) is 73.2 Å². The van der Waals surface area contributed by atoms with Crippen LogP contribution < -0.4 is 5.32 Å². The number of carbonyl (C=O) groups is 1. The van der Waals surface area contributed by atoms with Crippen LogP contribution in [0.4, 0.5) is 0 Å². The van der Waals surface area contributed by atoms with Crippen molar-refractivity contribution < 1.29 is 4.79 Å². The van der Waals surface area contributed by atoms with Crippen LogP contribution in [0.2, 0.25) is 0 Å². The van der Waals surface area contributed by atoms with Crippen molar-refractivity contribution in [3.8, 4) is 0 Å². The molecule has 194 valence electrons. The van der Waals surface area contributed by atoms with Gasteiger partial charge in [0.2, 0.25) is 0 Å². The molecule has 2 saturated heterocycles. The van der Waals surface area contributed by atoms with Crippen molar-refractivity contribution in [2.45, 2.75) is 58.2 Å². The molecule has 0 aromatic heterocycles. The summed E-state index contributed by atoms with van der Waals surface area (Å²) in [6, 6.07) is 27.7. The standard InChI is InChI=1S/C33H41N3O/c37-33(34-24-30-10-7-11-31(23-30)26-35-18-5-2-6-19-35)32-14-12-29(13-15-32)25-36-20-16-28(17-21-36)22-27-8-3-1-4-9-27/h1,3-4,7-15,23,28H,2,5-6,16-22,24-26H2,(H,34,37). The predicted octanol–water partition coefficient (Wildman–Crippen LogP) is 6.06. The molecule has 3 aromatic carbocycles. The lowest BCUT2D eigenvalue weighted by molar-refractivity contribution is 0.0951. The first kappa shape index (κ1) is 25.7. The molecule has 0 atom stereocenters. The van der Waals surface area contributed by atoms with Crippen LogP contribution in [-0.4, -0.2) is 41.9 Å². The Hall–Kier alpha value is -2.95. The van der Waals surface area contributed by atoms with Gasteiger partial charge in [0.05, 0.1) is 0 Å². The maximum atomic E-state index is 12.8. The Bertz CT molecular complexity index is 1110. The fourth-order valence-electron chi connectivity index (χ4n) is 5.81. The van der Waals surface area contributed by atoms with E-state index in [1.54, 1.807) is 0 Å². The number of nitrogens with one attached hydrogen (secondary N) is 1. The first-order valence-electron chi connectivity index (χ1n) is 14.1. The molecular formula is C33H41N3O. The normalized spacial score (nSPS) is 17.5. The van der Waals surface area contributed by atoms with Crippen molar-refractivity contribution in [1.29, 1.82) is 0 Å². The quantitative estimate of drug-likeness (QED) is 0.392. The fraction of sp³-hybridized carbons (Fsp3) is 0.424. The number of carbonyl (C=O) groups excluding carboxylic acids is 1. The summed E-state index contributed by atoms with van der Waals surface area (Å²) in [5.41, 5.74) is 5.97. The van der Waals surface area contributed by atoms with E-state index in [1.807, 2.05) is 12.1 Å². The van der Waals surface area contributed by atoms with E-state index in [9.17, 15) is 4.79 Å². The lowest BCUT2D eigenvalue weighted by atomic mass is 9.90. The second kappa shape index (κ2) is 13.0. The molecule has 37 heavy (non-hydrogen) atoms. The van der Waals surface area contributed by atoms with Gasteiger partial charge in [-0.25, -0.2) is 0 Å². The summed E-state index contributed by atoms with van der Waals surface area (Å²) in [7, 11) is 0. The number of nitrogens with zero attached hydrogens (tertiary/aromatic N) is 2. The van der Waals surface area contributed by atoms with Crippen molar-refractivity contribution in [1.82, 2.24) is 15.1 Å². The fourth-order valence-corrected chi connectivity index (χ4v) is 5.81. The molecule has 2 fully saturated rings. The third kappa shape index (κ3) is 7.77. The number of hydrogen-bond acceptors (Lipinski definition) is 3. The van der Waals surface area contributed by atoms with Gasteiger partial charge >= 0.3 is 0 Å². The topological polar surface area (TPSA) is 35.6 Å². The van der Waals surface area contributed by atoms with Gasteiger partial charge in [0.25, 0.3) is 5.91 Å². The molecule has 0 unspecified atom stereocenters. The molecule has 2 heterocycles. The van der Waals surface area contributed by atoms with Crippen LogP contribution in [0.1, 0.15) is 64.7 Å². The highest BCUT2D eigenvalue weighted by Gasteiger charge is 2.19. The Kier molecular flexibility index (Phi) is 9.04. The minimum Gasteiger partial charge on any atom is -0.348 e. The lowest BCUT2D eigenvalue weighted by Gasteiger charge is -2.32. The van der Waals surface area contributed by atoms with Crippen LogP contribution in [-0.2, 0) is 26.1 Å². The van der Waals surface area contributed by atoms with Gasteiger partial charge in [-0.3, -0.25) is 14.6 Å². The molecule has 0 saturated carbocycles. The SMILES string of the molecule is O=C(NCc1cccc(CN2CCCCC2)c1)c1ccc(CN2CCC(Cc3ccccc3)CC2)cc1. The molecule has 4 nitrogen and oxygen atoms in total. The summed E-state index contributed by atoms with van der Waals surface area (Å²) >= 11 is 0. The summed E-state index contributed by atoms with van der Waals surface area (Å²) < 4.78 is 0. The predicted molar refractivity (Wildman–Crippen MR) is 151 cm³/mol. The van der Waals surface area contributed by atoms with Gasteiger partial charge in [0.15, 0.2) is 0 Å². The Morgan fingerprint density at radius 3 is 2.08 bits per heavy atom. The van der Waals surface area contributed by atoms with Gasteiger partial charge in [-0.05, 0) is 98.6 Å². The molecule has 0 spiro atoms. The first-order valence-corrected chi connectivity index (χ1v) is 14.1.